The lowest BCUT2D eigenvalue weighted by molar-refractivity contribution is 0.274. The van der Waals surface area contributed by atoms with E-state index in [9.17, 15) is 0 Å². The van der Waals surface area contributed by atoms with Gasteiger partial charge in [-0.3, -0.25) is 4.68 Å². The number of hydrogen-bond donors (Lipinski definition) is 1. The van der Waals surface area contributed by atoms with Crippen molar-refractivity contribution in [3.63, 3.8) is 0 Å². The second-order valence-corrected chi connectivity index (χ2v) is 4.83. The predicted octanol–water partition coefficient (Wildman–Crippen LogP) is 1.49. The Morgan fingerprint density at radius 2 is 2.18 bits per heavy atom. The number of nitrogens with two attached hydrogens (primary N) is 1. The standard InChI is InChI=1S/C13H26N4/c1-5-12-7-13(17(6-2)15-12)10-16(4)9-11(3)8-14/h7,11H,5-6,8-10,14H2,1-4H3. The Hall–Kier alpha value is -0.870. The Balaban J connectivity index is 2.63. The molecular formula is C13H26N4. The maximum atomic E-state index is 5.65. The van der Waals surface area contributed by atoms with Crippen LogP contribution in [0.25, 0.3) is 0 Å². The summed E-state index contributed by atoms with van der Waals surface area (Å²) in [6.07, 6.45) is 1.00. The second-order valence-electron chi connectivity index (χ2n) is 4.83. The molecule has 0 bridgehead atoms. The van der Waals surface area contributed by atoms with Crippen LogP contribution in [0.5, 0.6) is 0 Å². The van der Waals surface area contributed by atoms with Crippen molar-refractivity contribution in [1.82, 2.24) is 14.7 Å². The van der Waals surface area contributed by atoms with E-state index in [0.717, 1.165) is 32.6 Å². The molecule has 1 heterocycles. The van der Waals surface area contributed by atoms with E-state index in [1.165, 1.54) is 11.4 Å². The summed E-state index contributed by atoms with van der Waals surface area (Å²) in [5.41, 5.74) is 8.14. The third kappa shape index (κ3) is 4.13. The molecule has 0 aliphatic rings. The van der Waals surface area contributed by atoms with Crippen molar-refractivity contribution in [3.05, 3.63) is 17.5 Å². The van der Waals surface area contributed by atoms with Gasteiger partial charge in [0.05, 0.1) is 11.4 Å². The van der Waals surface area contributed by atoms with Crippen molar-refractivity contribution >= 4 is 0 Å². The summed E-state index contributed by atoms with van der Waals surface area (Å²) in [5.74, 6) is 0.545. The minimum absolute atomic E-state index is 0.545. The monoisotopic (exact) mass is 238 g/mol. The van der Waals surface area contributed by atoms with Crippen LogP contribution in [0.1, 0.15) is 32.2 Å². The lowest BCUT2D eigenvalue weighted by atomic mass is 10.1. The van der Waals surface area contributed by atoms with Gasteiger partial charge in [0, 0.05) is 19.6 Å². The van der Waals surface area contributed by atoms with Crippen molar-refractivity contribution in [3.8, 4) is 0 Å². The molecule has 0 aliphatic heterocycles. The zero-order valence-electron chi connectivity index (χ0n) is 11.6. The fourth-order valence-electron chi connectivity index (χ4n) is 2.04. The summed E-state index contributed by atoms with van der Waals surface area (Å²) in [6.45, 7) is 10.1. The minimum atomic E-state index is 0.545. The Kier molecular flexibility index (Phi) is 5.65. The first kappa shape index (κ1) is 14.2. The summed E-state index contributed by atoms with van der Waals surface area (Å²) in [6, 6.07) is 2.22. The first-order valence-corrected chi connectivity index (χ1v) is 6.54. The molecule has 2 N–H and O–H groups in total. The van der Waals surface area contributed by atoms with Gasteiger partial charge in [-0.2, -0.15) is 5.10 Å². The van der Waals surface area contributed by atoms with Gasteiger partial charge < -0.3 is 10.6 Å². The zero-order valence-corrected chi connectivity index (χ0v) is 11.6. The smallest absolute Gasteiger partial charge is 0.0625 e. The van der Waals surface area contributed by atoms with E-state index in [-0.39, 0.29) is 0 Å². The van der Waals surface area contributed by atoms with Gasteiger partial charge >= 0.3 is 0 Å². The molecule has 1 rings (SSSR count). The highest BCUT2D eigenvalue weighted by Gasteiger charge is 2.10. The van der Waals surface area contributed by atoms with Crippen LogP contribution in [-0.2, 0) is 19.5 Å². The summed E-state index contributed by atoms with van der Waals surface area (Å²) in [4.78, 5) is 2.32. The maximum Gasteiger partial charge on any atom is 0.0625 e. The molecule has 0 spiro atoms. The van der Waals surface area contributed by atoms with Gasteiger partial charge in [0.1, 0.15) is 0 Å². The van der Waals surface area contributed by atoms with E-state index < -0.39 is 0 Å². The van der Waals surface area contributed by atoms with E-state index in [0.29, 0.717) is 5.92 Å². The SMILES string of the molecule is CCc1cc(CN(C)CC(C)CN)n(CC)n1. The first-order valence-electron chi connectivity index (χ1n) is 6.54. The average molecular weight is 238 g/mol. The molecule has 1 aromatic rings. The van der Waals surface area contributed by atoms with Crippen LogP contribution in [0, 0.1) is 5.92 Å². The Morgan fingerprint density at radius 1 is 1.47 bits per heavy atom. The topological polar surface area (TPSA) is 47.1 Å². The highest BCUT2D eigenvalue weighted by Crippen LogP contribution is 2.09. The summed E-state index contributed by atoms with van der Waals surface area (Å²) in [5, 5.41) is 4.56. The van der Waals surface area contributed by atoms with Crippen molar-refractivity contribution in [2.24, 2.45) is 11.7 Å². The average Bonchev–Trinajstić information content (AvgIpc) is 2.70. The maximum absolute atomic E-state index is 5.65. The van der Waals surface area contributed by atoms with Gasteiger partial charge in [-0.1, -0.05) is 13.8 Å². The fourth-order valence-corrected chi connectivity index (χ4v) is 2.04. The molecular weight excluding hydrogens is 212 g/mol. The molecule has 0 radical (unpaired) electrons. The highest BCUT2D eigenvalue weighted by atomic mass is 15.3. The third-order valence-electron chi connectivity index (χ3n) is 3.03. The predicted molar refractivity (Wildman–Crippen MR) is 71.8 cm³/mol. The normalized spacial score (nSPS) is 13.3. The largest absolute Gasteiger partial charge is 0.330 e. The van der Waals surface area contributed by atoms with E-state index >= 15 is 0 Å². The third-order valence-corrected chi connectivity index (χ3v) is 3.03. The van der Waals surface area contributed by atoms with Gasteiger partial charge in [0.2, 0.25) is 0 Å². The van der Waals surface area contributed by atoms with Crippen LogP contribution in [0.3, 0.4) is 0 Å². The Morgan fingerprint density at radius 3 is 2.71 bits per heavy atom. The van der Waals surface area contributed by atoms with Gasteiger partial charge in [0.25, 0.3) is 0 Å². The summed E-state index contributed by atoms with van der Waals surface area (Å²) >= 11 is 0. The van der Waals surface area contributed by atoms with Crippen molar-refractivity contribution in [2.75, 3.05) is 20.1 Å². The van der Waals surface area contributed by atoms with Gasteiger partial charge in [-0.15, -0.1) is 0 Å². The van der Waals surface area contributed by atoms with Crippen LogP contribution in [-0.4, -0.2) is 34.8 Å². The summed E-state index contributed by atoms with van der Waals surface area (Å²) in [7, 11) is 2.14. The van der Waals surface area contributed by atoms with Crippen LogP contribution in [0.2, 0.25) is 0 Å². The van der Waals surface area contributed by atoms with E-state index in [1.807, 2.05) is 0 Å². The van der Waals surface area contributed by atoms with Crippen molar-refractivity contribution < 1.29 is 0 Å². The van der Waals surface area contributed by atoms with E-state index in [2.05, 4.69) is 48.6 Å². The quantitative estimate of drug-likeness (QED) is 0.783. The molecule has 0 amide bonds. The van der Waals surface area contributed by atoms with Crippen molar-refractivity contribution in [2.45, 2.75) is 40.3 Å². The van der Waals surface area contributed by atoms with Gasteiger partial charge in [-0.25, -0.2) is 0 Å². The molecule has 1 atom stereocenters. The van der Waals surface area contributed by atoms with Gasteiger partial charge in [0.15, 0.2) is 0 Å². The molecule has 1 aromatic heterocycles. The number of rotatable bonds is 7. The second kappa shape index (κ2) is 6.77. The molecule has 0 aromatic carbocycles. The lowest BCUT2D eigenvalue weighted by Gasteiger charge is -2.20. The fraction of sp³-hybridized carbons (Fsp3) is 0.769. The summed E-state index contributed by atoms with van der Waals surface area (Å²) < 4.78 is 2.10. The van der Waals surface area contributed by atoms with Crippen molar-refractivity contribution in [1.29, 1.82) is 0 Å². The van der Waals surface area contributed by atoms with Crippen LogP contribution in [0.4, 0.5) is 0 Å². The Labute approximate surface area is 105 Å². The lowest BCUT2D eigenvalue weighted by Crippen LogP contribution is -2.28. The first-order chi connectivity index (χ1) is 8.10. The molecule has 98 valence electrons. The molecule has 4 heteroatoms. The molecule has 17 heavy (non-hydrogen) atoms. The molecule has 0 aliphatic carbocycles. The number of aryl methyl sites for hydroxylation is 2. The number of aromatic nitrogens is 2. The van der Waals surface area contributed by atoms with E-state index in [1.54, 1.807) is 0 Å². The minimum Gasteiger partial charge on any atom is -0.330 e. The Bertz CT molecular complexity index is 332. The zero-order chi connectivity index (χ0) is 12.8. The number of hydrogen-bond acceptors (Lipinski definition) is 3. The van der Waals surface area contributed by atoms with Crippen LogP contribution < -0.4 is 5.73 Å². The molecule has 0 saturated heterocycles. The van der Waals surface area contributed by atoms with E-state index in [4.69, 9.17) is 5.73 Å². The molecule has 4 nitrogen and oxygen atoms in total. The van der Waals surface area contributed by atoms with Crippen LogP contribution >= 0.6 is 0 Å². The number of nitrogens with zero attached hydrogens (tertiary/aromatic N) is 3. The van der Waals surface area contributed by atoms with Crippen LogP contribution in [0.15, 0.2) is 6.07 Å². The highest BCUT2D eigenvalue weighted by molar-refractivity contribution is 5.10. The molecule has 1 unspecified atom stereocenters. The molecule has 0 saturated carbocycles. The van der Waals surface area contributed by atoms with Gasteiger partial charge in [-0.05, 0) is 38.9 Å². The molecule has 0 fully saturated rings.